The first-order chi connectivity index (χ1) is 8.52. The lowest BCUT2D eigenvalue weighted by atomic mass is 10.0. The number of pyridine rings is 1. The molecule has 0 radical (unpaired) electrons. The van der Waals surface area contributed by atoms with E-state index in [0.717, 1.165) is 22.3 Å². The van der Waals surface area contributed by atoms with Crippen molar-refractivity contribution in [2.24, 2.45) is 5.92 Å². The van der Waals surface area contributed by atoms with Crippen molar-refractivity contribution in [3.8, 4) is 0 Å². The Labute approximate surface area is 109 Å². The van der Waals surface area contributed by atoms with Crippen LogP contribution in [0.5, 0.6) is 0 Å². The largest absolute Gasteiger partial charge is 0.396 e. The van der Waals surface area contributed by atoms with E-state index >= 15 is 0 Å². The second-order valence-electron chi connectivity index (χ2n) is 5.16. The van der Waals surface area contributed by atoms with Crippen molar-refractivity contribution in [3.05, 3.63) is 30.5 Å². The minimum Gasteiger partial charge on any atom is -0.396 e. The number of fused-ring (bicyclic) bond motifs is 1. The number of aromatic nitrogens is 1. The molecule has 1 atom stereocenters. The van der Waals surface area contributed by atoms with E-state index in [1.165, 1.54) is 0 Å². The van der Waals surface area contributed by atoms with E-state index in [9.17, 15) is 0 Å². The highest BCUT2D eigenvalue weighted by Crippen LogP contribution is 2.31. The van der Waals surface area contributed by atoms with E-state index in [-0.39, 0.29) is 0 Å². The molecular formula is C15H21N3. The van der Waals surface area contributed by atoms with E-state index in [2.05, 4.69) is 43.8 Å². The predicted molar refractivity (Wildman–Crippen MR) is 78.9 cm³/mol. The van der Waals surface area contributed by atoms with E-state index in [1.807, 2.05) is 18.2 Å². The number of nitrogen functional groups attached to an aromatic ring is 1. The van der Waals surface area contributed by atoms with Gasteiger partial charge in [0.1, 0.15) is 0 Å². The standard InChI is InChI=1S/C15H21N3/c1-10(2)11(3)18(4)14-8-7-13-12(15(14)16)6-5-9-17-13/h5-11H,16H2,1-4H3. The first-order valence-corrected chi connectivity index (χ1v) is 6.38. The summed E-state index contributed by atoms with van der Waals surface area (Å²) in [6.45, 7) is 6.66. The number of anilines is 2. The molecule has 0 amide bonds. The lowest BCUT2D eigenvalue weighted by Crippen LogP contribution is -2.33. The van der Waals surface area contributed by atoms with Crippen LogP contribution in [0.2, 0.25) is 0 Å². The molecule has 3 nitrogen and oxygen atoms in total. The van der Waals surface area contributed by atoms with Crippen LogP contribution in [0.4, 0.5) is 11.4 Å². The van der Waals surface area contributed by atoms with Crippen LogP contribution in [0.3, 0.4) is 0 Å². The molecule has 0 spiro atoms. The highest BCUT2D eigenvalue weighted by molar-refractivity contribution is 5.97. The highest BCUT2D eigenvalue weighted by Gasteiger charge is 2.16. The first kappa shape index (κ1) is 12.7. The minimum absolute atomic E-state index is 0.446. The summed E-state index contributed by atoms with van der Waals surface area (Å²) < 4.78 is 0. The Kier molecular flexibility index (Phi) is 3.41. The highest BCUT2D eigenvalue weighted by atomic mass is 15.1. The molecule has 2 aromatic rings. The summed E-state index contributed by atoms with van der Waals surface area (Å²) in [5.41, 5.74) is 9.12. The molecule has 1 heterocycles. The fourth-order valence-corrected chi connectivity index (χ4v) is 2.14. The van der Waals surface area contributed by atoms with Gasteiger partial charge in [0, 0.05) is 24.7 Å². The molecule has 0 aliphatic heterocycles. The van der Waals surface area contributed by atoms with Crippen molar-refractivity contribution < 1.29 is 0 Å². The molecular weight excluding hydrogens is 222 g/mol. The van der Waals surface area contributed by atoms with Gasteiger partial charge in [-0.25, -0.2) is 0 Å². The Hall–Kier alpha value is -1.77. The van der Waals surface area contributed by atoms with Gasteiger partial charge in [-0.05, 0) is 37.1 Å². The third-order valence-electron chi connectivity index (χ3n) is 3.76. The Balaban J connectivity index is 2.49. The van der Waals surface area contributed by atoms with E-state index < -0.39 is 0 Å². The molecule has 0 saturated heterocycles. The number of benzene rings is 1. The van der Waals surface area contributed by atoms with Crippen molar-refractivity contribution in [1.82, 2.24) is 4.98 Å². The number of nitrogens with zero attached hydrogens (tertiary/aromatic N) is 2. The zero-order chi connectivity index (χ0) is 13.3. The molecule has 0 bridgehead atoms. The summed E-state index contributed by atoms with van der Waals surface area (Å²) in [7, 11) is 2.10. The zero-order valence-electron chi connectivity index (χ0n) is 11.5. The molecule has 1 unspecified atom stereocenters. The van der Waals surface area contributed by atoms with Gasteiger partial charge >= 0.3 is 0 Å². The molecule has 2 rings (SSSR count). The van der Waals surface area contributed by atoms with Crippen LogP contribution >= 0.6 is 0 Å². The average molecular weight is 243 g/mol. The number of hydrogen-bond acceptors (Lipinski definition) is 3. The van der Waals surface area contributed by atoms with E-state index in [0.29, 0.717) is 12.0 Å². The normalized spacial score (nSPS) is 12.9. The number of nitrogens with two attached hydrogens (primary N) is 1. The van der Waals surface area contributed by atoms with Crippen LogP contribution in [0, 0.1) is 5.92 Å². The Bertz CT molecular complexity index is 548. The average Bonchev–Trinajstić information content (AvgIpc) is 2.37. The van der Waals surface area contributed by atoms with Crippen molar-refractivity contribution in [3.63, 3.8) is 0 Å². The molecule has 2 N–H and O–H groups in total. The maximum atomic E-state index is 6.28. The van der Waals surface area contributed by atoms with Gasteiger partial charge in [-0.3, -0.25) is 4.98 Å². The SMILES string of the molecule is CC(C)C(C)N(C)c1ccc2ncccc2c1N. The summed E-state index contributed by atoms with van der Waals surface area (Å²) in [6.07, 6.45) is 1.79. The lowest BCUT2D eigenvalue weighted by Gasteiger charge is -2.31. The summed E-state index contributed by atoms with van der Waals surface area (Å²) in [5.74, 6) is 0.582. The van der Waals surface area contributed by atoms with Crippen LogP contribution in [0.15, 0.2) is 30.5 Å². The molecule has 0 aliphatic carbocycles. The van der Waals surface area contributed by atoms with Crippen molar-refractivity contribution in [1.29, 1.82) is 0 Å². The summed E-state index contributed by atoms with van der Waals surface area (Å²) >= 11 is 0. The van der Waals surface area contributed by atoms with Crippen LogP contribution in [-0.2, 0) is 0 Å². The third kappa shape index (κ3) is 2.13. The van der Waals surface area contributed by atoms with Crippen molar-refractivity contribution in [2.45, 2.75) is 26.8 Å². The number of rotatable bonds is 3. The molecule has 96 valence electrons. The Morgan fingerprint density at radius 3 is 2.56 bits per heavy atom. The molecule has 18 heavy (non-hydrogen) atoms. The maximum absolute atomic E-state index is 6.28. The lowest BCUT2D eigenvalue weighted by molar-refractivity contribution is 0.506. The van der Waals surface area contributed by atoms with Crippen LogP contribution in [0.25, 0.3) is 10.9 Å². The smallest absolute Gasteiger partial charge is 0.0724 e. The first-order valence-electron chi connectivity index (χ1n) is 6.38. The monoisotopic (exact) mass is 243 g/mol. The van der Waals surface area contributed by atoms with Gasteiger partial charge in [0.05, 0.1) is 16.9 Å². The third-order valence-corrected chi connectivity index (χ3v) is 3.76. The topological polar surface area (TPSA) is 42.2 Å². The molecule has 3 heteroatoms. The van der Waals surface area contributed by atoms with Gasteiger partial charge in [0.2, 0.25) is 0 Å². The Morgan fingerprint density at radius 2 is 1.89 bits per heavy atom. The summed E-state index contributed by atoms with van der Waals surface area (Å²) in [5, 5.41) is 1.03. The second kappa shape index (κ2) is 4.84. The van der Waals surface area contributed by atoms with Crippen LogP contribution in [0.1, 0.15) is 20.8 Å². The second-order valence-corrected chi connectivity index (χ2v) is 5.16. The van der Waals surface area contributed by atoms with E-state index in [4.69, 9.17) is 5.73 Å². The molecule has 0 aliphatic rings. The molecule has 0 fully saturated rings. The van der Waals surface area contributed by atoms with E-state index in [1.54, 1.807) is 6.20 Å². The van der Waals surface area contributed by atoms with Crippen molar-refractivity contribution >= 4 is 22.3 Å². The Morgan fingerprint density at radius 1 is 1.17 bits per heavy atom. The molecule has 1 aromatic heterocycles. The fraction of sp³-hybridized carbons (Fsp3) is 0.400. The fourth-order valence-electron chi connectivity index (χ4n) is 2.14. The van der Waals surface area contributed by atoms with Crippen LogP contribution in [-0.4, -0.2) is 18.1 Å². The number of hydrogen-bond donors (Lipinski definition) is 1. The molecule has 1 aromatic carbocycles. The van der Waals surface area contributed by atoms with Gasteiger partial charge < -0.3 is 10.6 Å². The van der Waals surface area contributed by atoms with Crippen molar-refractivity contribution in [2.75, 3.05) is 17.7 Å². The van der Waals surface area contributed by atoms with Gasteiger partial charge in [0.25, 0.3) is 0 Å². The summed E-state index contributed by atoms with van der Waals surface area (Å²) in [4.78, 5) is 6.57. The van der Waals surface area contributed by atoms with Gasteiger partial charge in [-0.2, -0.15) is 0 Å². The summed E-state index contributed by atoms with van der Waals surface area (Å²) in [6, 6.07) is 8.48. The molecule has 0 saturated carbocycles. The zero-order valence-corrected chi connectivity index (χ0v) is 11.5. The quantitative estimate of drug-likeness (QED) is 0.841. The maximum Gasteiger partial charge on any atom is 0.0724 e. The van der Waals surface area contributed by atoms with Crippen LogP contribution < -0.4 is 10.6 Å². The van der Waals surface area contributed by atoms with Gasteiger partial charge in [-0.1, -0.05) is 13.8 Å². The minimum atomic E-state index is 0.446. The predicted octanol–water partition coefficient (Wildman–Crippen LogP) is 3.30. The van der Waals surface area contributed by atoms with Gasteiger partial charge in [-0.15, -0.1) is 0 Å². The van der Waals surface area contributed by atoms with Gasteiger partial charge in [0.15, 0.2) is 0 Å².